The van der Waals surface area contributed by atoms with E-state index in [0.29, 0.717) is 12.5 Å². The van der Waals surface area contributed by atoms with E-state index in [9.17, 15) is 0 Å². The van der Waals surface area contributed by atoms with Gasteiger partial charge in [0.25, 0.3) is 0 Å². The highest BCUT2D eigenvalue weighted by Crippen LogP contribution is 2.14. The minimum atomic E-state index is -0.707. The van der Waals surface area contributed by atoms with Crippen LogP contribution in [0.25, 0.3) is 0 Å². The Bertz CT molecular complexity index is 247. The summed E-state index contributed by atoms with van der Waals surface area (Å²) in [6.07, 6.45) is 0.993. The van der Waals surface area contributed by atoms with Crippen molar-refractivity contribution in [3.05, 3.63) is 0 Å². The Balaban J connectivity index is 2.40. The molecule has 1 saturated heterocycles. The summed E-state index contributed by atoms with van der Waals surface area (Å²) in [6.45, 7) is 8.57. The summed E-state index contributed by atoms with van der Waals surface area (Å²) >= 11 is 0. The second kappa shape index (κ2) is 4.93. The van der Waals surface area contributed by atoms with Crippen LogP contribution in [-0.2, 0) is 4.74 Å². The molecule has 0 bridgehead atoms. The molecule has 3 atom stereocenters. The van der Waals surface area contributed by atoms with Crippen molar-refractivity contribution in [3.8, 4) is 6.07 Å². The SMILES string of the molecule is CC1CN(CCC(C)(N)C#N)C(C)CO1. The van der Waals surface area contributed by atoms with Gasteiger partial charge in [-0.2, -0.15) is 5.26 Å². The predicted octanol–water partition coefficient (Wildman–Crippen LogP) is 0.727. The fraction of sp³-hybridized carbons (Fsp3) is 0.909. The van der Waals surface area contributed by atoms with Crippen LogP contribution < -0.4 is 5.73 Å². The molecular formula is C11H21N3O. The lowest BCUT2D eigenvalue weighted by molar-refractivity contribution is -0.0504. The number of nitrogens with zero attached hydrogens (tertiary/aromatic N) is 2. The molecule has 1 aliphatic rings. The number of hydrogen-bond acceptors (Lipinski definition) is 4. The van der Waals surface area contributed by atoms with Crippen molar-refractivity contribution < 1.29 is 4.74 Å². The van der Waals surface area contributed by atoms with Gasteiger partial charge in [-0.3, -0.25) is 4.90 Å². The molecule has 4 heteroatoms. The fourth-order valence-corrected chi connectivity index (χ4v) is 1.72. The van der Waals surface area contributed by atoms with Crippen molar-refractivity contribution in [1.29, 1.82) is 5.26 Å². The summed E-state index contributed by atoms with van der Waals surface area (Å²) in [6, 6.07) is 2.55. The molecule has 1 aliphatic heterocycles. The van der Waals surface area contributed by atoms with Gasteiger partial charge in [-0.25, -0.2) is 0 Å². The molecular weight excluding hydrogens is 190 g/mol. The normalized spacial score (nSPS) is 31.9. The van der Waals surface area contributed by atoms with Crippen molar-refractivity contribution in [2.75, 3.05) is 19.7 Å². The van der Waals surface area contributed by atoms with Crippen LogP contribution in [0.1, 0.15) is 27.2 Å². The van der Waals surface area contributed by atoms with Gasteiger partial charge in [-0.15, -0.1) is 0 Å². The molecule has 86 valence electrons. The van der Waals surface area contributed by atoms with Crippen LogP contribution in [-0.4, -0.2) is 42.3 Å². The Morgan fingerprint density at radius 1 is 1.60 bits per heavy atom. The number of morpholine rings is 1. The molecule has 0 radical (unpaired) electrons. The maximum absolute atomic E-state index is 8.82. The standard InChI is InChI=1S/C11H21N3O/c1-9-7-15-10(2)6-14(9)5-4-11(3,13)8-12/h9-10H,4-7,13H2,1-3H3. The van der Waals surface area contributed by atoms with Crippen LogP contribution in [0, 0.1) is 11.3 Å². The van der Waals surface area contributed by atoms with Gasteiger partial charge in [-0.1, -0.05) is 0 Å². The maximum atomic E-state index is 8.82. The van der Waals surface area contributed by atoms with Crippen LogP contribution >= 0.6 is 0 Å². The van der Waals surface area contributed by atoms with Crippen LogP contribution in [0.15, 0.2) is 0 Å². The van der Waals surface area contributed by atoms with Crippen molar-refractivity contribution in [2.24, 2.45) is 5.73 Å². The molecule has 1 rings (SSSR count). The first-order valence-corrected chi connectivity index (χ1v) is 5.50. The third kappa shape index (κ3) is 3.78. The minimum absolute atomic E-state index is 0.285. The van der Waals surface area contributed by atoms with E-state index in [1.165, 1.54) is 0 Å². The van der Waals surface area contributed by atoms with Gasteiger partial charge >= 0.3 is 0 Å². The van der Waals surface area contributed by atoms with E-state index in [4.69, 9.17) is 15.7 Å². The van der Waals surface area contributed by atoms with Crippen molar-refractivity contribution >= 4 is 0 Å². The van der Waals surface area contributed by atoms with Gasteiger partial charge < -0.3 is 10.5 Å². The van der Waals surface area contributed by atoms with E-state index in [0.717, 1.165) is 19.7 Å². The molecule has 0 saturated carbocycles. The number of ether oxygens (including phenoxy) is 1. The van der Waals surface area contributed by atoms with E-state index >= 15 is 0 Å². The number of nitrogens with two attached hydrogens (primary N) is 1. The summed E-state index contributed by atoms with van der Waals surface area (Å²) in [5.41, 5.74) is 5.09. The highest BCUT2D eigenvalue weighted by molar-refractivity contribution is 5.01. The van der Waals surface area contributed by atoms with E-state index < -0.39 is 5.54 Å². The van der Waals surface area contributed by atoms with Crippen molar-refractivity contribution in [3.63, 3.8) is 0 Å². The van der Waals surface area contributed by atoms with E-state index in [1.807, 2.05) is 0 Å². The quantitative estimate of drug-likeness (QED) is 0.747. The minimum Gasteiger partial charge on any atom is -0.376 e. The summed E-state index contributed by atoms with van der Waals surface area (Å²) in [7, 11) is 0. The molecule has 4 nitrogen and oxygen atoms in total. The van der Waals surface area contributed by atoms with Gasteiger partial charge in [0.1, 0.15) is 5.54 Å². The van der Waals surface area contributed by atoms with Crippen molar-refractivity contribution in [1.82, 2.24) is 4.90 Å². The average Bonchev–Trinajstić information content (AvgIpc) is 2.20. The predicted molar refractivity (Wildman–Crippen MR) is 59.3 cm³/mol. The van der Waals surface area contributed by atoms with Crippen LogP contribution in [0.5, 0.6) is 0 Å². The zero-order valence-corrected chi connectivity index (χ0v) is 9.86. The third-order valence-electron chi connectivity index (χ3n) is 2.91. The highest BCUT2D eigenvalue weighted by Gasteiger charge is 2.26. The second-order valence-corrected chi connectivity index (χ2v) is 4.77. The molecule has 15 heavy (non-hydrogen) atoms. The summed E-state index contributed by atoms with van der Waals surface area (Å²) in [5.74, 6) is 0. The van der Waals surface area contributed by atoms with Gasteiger partial charge in [-0.05, 0) is 27.2 Å². The Morgan fingerprint density at radius 2 is 2.27 bits per heavy atom. The van der Waals surface area contributed by atoms with Crippen LogP contribution in [0.3, 0.4) is 0 Å². The fourth-order valence-electron chi connectivity index (χ4n) is 1.72. The first-order valence-electron chi connectivity index (χ1n) is 5.50. The molecule has 0 amide bonds. The molecule has 0 aromatic rings. The van der Waals surface area contributed by atoms with Crippen LogP contribution in [0.4, 0.5) is 0 Å². The molecule has 0 aromatic carbocycles. The van der Waals surface area contributed by atoms with Crippen LogP contribution in [0.2, 0.25) is 0 Å². The molecule has 1 heterocycles. The lowest BCUT2D eigenvalue weighted by Gasteiger charge is -2.37. The summed E-state index contributed by atoms with van der Waals surface area (Å²) < 4.78 is 5.54. The van der Waals surface area contributed by atoms with E-state index in [1.54, 1.807) is 6.92 Å². The average molecular weight is 211 g/mol. The van der Waals surface area contributed by atoms with Gasteiger partial charge in [0.15, 0.2) is 0 Å². The van der Waals surface area contributed by atoms with E-state index in [2.05, 4.69) is 24.8 Å². The zero-order chi connectivity index (χ0) is 11.5. The summed E-state index contributed by atoms with van der Waals surface area (Å²) in [5, 5.41) is 8.82. The number of nitriles is 1. The first-order chi connectivity index (χ1) is 6.94. The Labute approximate surface area is 92.0 Å². The Hall–Kier alpha value is -0.630. The molecule has 0 aliphatic carbocycles. The van der Waals surface area contributed by atoms with Gasteiger partial charge in [0.2, 0.25) is 0 Å². The second-order valence-electron chi connectivity index (χ2n) is 4.77. The topological polar surface area (TPSA) is 62.3 Å². The van der Waals surface area contributed by atoms with Gasteiger partial charge in [0, 0.05) is 19.1 Å². The Kier molecular flexibility index (Phi) is 4.09. The molecule has 1 fully saturated rings. The highest BCUT2D eigenvalue weighted by atomic mass is 16.5. The number of rotatable bonds is 3. The van der Waals surface area contributed by atoms with E-state index in [-0.39, 0.29) is 6.10 Å². The Morgan fingerprint density at radius 3 is 2.87 bits per heavy atom. The smallest absolute Gasteiger partial charge is 0.102 e. The molecule has 2 N–H and O–H groups in total. The monoisotopic (exact) mass is 211 g/mol. The number of hydrogen-bond donors (Lipinski definition) is 1. The largest absolute Gasteiger partial charge is 0.376 e. The molecule has 0 aromatic heterocycles. The summed E-state index contributed by atoms with van der Waals surface area (Å²) in [4.78, 5) is 2.34. The van der Waals surface area contributed by atoms with Gasteiger partial charge in [0.05, 0.1) is 18.8 Å². The van der Waals surface area contributed by atoms with Crippen molar-refractivity contribution in [2.45, 2.75) is 44.9 Å². The zero-order valence-electron chi connectivity index (χ0n) is 9.86. The maximum Gasteiger partial charge on any atom is 0.102 e. The molecule has 0 spiro atoms. The molecule has 3 unspecified atom stereocenters. The lowest BCUT2D eigenvalue weighted by Crippen LogP contribution is -2.49. The lowest BCUT2D eigenvalue weighted by atomic mass is 10.0. The third-order valence-corrected chi connectivity index (χ3v) is 2.91. The first kappa shape index (κ1) is 12.4.